The molecule has 2 heterocycles. The minimum Gasteiger partial charge on any atom is -0.486 e. The topological polar surface area (TPSA) is 66.8 Å². The molecule has 29 heavy (non-hydrogen) atoms. The number of ether oxygens (including phenoxy) is 3. The highest BCUT2D eigenvalue weighted by molar-refractivity contribution is 5.89. The van der Waals surface area contributed by atoms with Crippen LogP contribution in [0.4, 0.5) is 0 Å². The maximum Gasteiger partial charge on any atom is 0.343 e. The third kappa shape index (κ3) is 4.42. The fraction of sp³-hybridized carbons (Fsp3) is 0.304. The van der Waals surface area contributed by atoms with E-state index in [1.165, 1.54) is 13.2 Å². The molecule has 0 amide bonds. The molecular formula is C23H25NO5. The van der Waals surface area contributed by atoms with E-state index in [9.17, 15) is 9.59 Å². The van der Waals surface area contributed by atoms with E-state index in [2.05, 4.69) is 6.58 Å². The van der Waals surface area contributed by atoms with Crippen LogP contribution in [0.25, 0.3) is 11.1 Å². The summed E-state index contributed by atoms with van der Waals surface area (Å²) in [7, 11) is 1.27. The van der Waals surface area contributed by atoms with E-state index in [-0.39, 0.29) is 11.0 Å². The number of pyridine rings is 1. The standard InChI is InChI=1S/C23H25NO5/c1-5-8-24-14-18(23(26)27-4)20(25)13-19(24)16(3)11-15(2)17-6-7-21-22(12-17)29-10-9-28-21/h6-7,11-14H,2,5,8-10H2,1,3-4H3/b16-11+. The van der Waals surface area contributed by atoms with Crippen LogP contribution in [-0.2, 0) is 11.3 Å². The first-order valence-corrected chi connectivity index (χ1v) is 9.55. The van der Waals surface area contributed by atoms with Gasteiger partial charge in [0.2, 0.25) is 0 Å². The molecule has 0 saturated carbocycles. The molecule has 3 rings (SSSR count). The Morgan fingerprint density at radius 1 is 1.24 bits per heavy atom. The van der Waals surface area contributed by atoms with Gasteiger partial charge in [0, 0.05) is 24.5 Å². The lowest BCUT2D eigenvalue weighted by molar-refractivity contribution is 0.0598. The van der Waals surface area contributed by atoms with Crippen molar-refractivity contribution in [2.45, 2.75) is 26.8 Å². The highest BCUT2D eigenvalue weighted by Gasteiger charge is 2.16. The van der Waals surface area contributed by atoms with Crippen LogP contribution in [0.3, 0.4) is 0 Å². The van der Waals surface area contributed by atoms with Gasteiger partial charge in [-0.3, -0.25) is 4.79 Å². The number of allylic oxidation sites excluding steroid dienone is 3. The molecule has 6 nitrogen and oxygen atoms in total. The lowest BCUT2D eigenvalue weighted by Gasteiger charge is -2.19. The number of fused-ring (bicyclic) bond motifs is 1. The molecule has 0 atom stereocenters. The van der Waals surface area contributed by atoms with Gasteiger partial charge in [-0.15, -0.1) is 0 Å². The summed E-state index contributed by atoms with van der Waals surface area (Å²) < 4.78 is 17.8. The van der Waals surface area contributed by atoms with E-state index in [0.717, 1.165) is 34.6 Å². The predicted molar refractivity (Wildman–Crippen MR) is 112 cm³/mol. The highest BCUT2D eigenvalue weighted by atomic mass is 16.6. The molecule has 0 spiro atoms. The van der Waals surface area contributed by atoms with E-state index < -0.39 is 5.97 Å². The van der Waals surface area contributed by atoms with Crippen LogP contribution in [0.15, 0.2) is 47.9 Å². The van der Waals surface area contributed by atoms with Crippen molar-refractivity contribution in [3.63, 3.8) is 0 Å². The fourth-order valence-corrected chi connectivity index (χ4v) is 3.27. The Morgan fingerprint density at radius 3 is 2.66 bits per heavy atom. The molecule has 1 aliphatic rings. The minimum atomic E-state index is -0.631. The number of nitrogens with zero attached hydrogens (tertiary/aromatic N) is 1. The van der Waals surface area contributed by atoms with E-state index in [0.29, 0.717) is 25.5 Å². The molecule has 0 N–H and O–H groups in total. The number of rotatable bonds is 6. The van der Waals surface area contributed by atoms with Gasteiger partial charge in [-0.1, -0.05) is 19.6 Å². The van der Waals surface area contributed by atoms with Gasteiger partial charge in [-0.05, 0) is 48.3 Å². The Labute approximate surface area is 170 Å². The van der Waals surface area contributed by atoms with Gasteiger partial charge in [0.1, 0.15) is 18.8 Å². The van der Waals surface area contributed by atoms with Crippen molar-refractivity contribution in [2.24, 2.45) is 0 Å². The Hall–Kier alpha value is -3.28. The monoisotopic (exact) mass is 395 g/mol. The van der Waals surface area contributed by atoms with E-state index in [4.69, 9.17) is 14.2 Å². The lowest BCUT2D eigenvalue weighted by atomic mass is 10.0. The second-order valence-electron chi connectivity index (χ2n) is 6.83. The third-order valence-corrected chi connectivity index (χ3v) is 4.71. The van der Waals surface area contributed by atoms with Crippen molar-refractivity contribution in [3.8, 4) is 11.5 Å². The smallest absolute Gasteiger partial charge is 0.343 e. The van der Waals surface area contributed by atoms with Crippen molar-refractivity contribution in [1.82, 2.24) is 4.57 Å². The Bertz CT molecular complexity index is 1030. The van der Waals surface area contributed by atoms with Crippen LogP contribution in [0, 0.1) is 0 Å². The molecule has 0 aliphatic carbocycles. The zero-order valence-electron chi connectivity index (χ0n) is 17.0. The van der Waals surface area contributed by atoms with Crippen molar-refractivity contribution in [1.29, 1.82) is 0 Å². The molecule has 152 valence electrons. The zero-order chi connectivity index (χ0) is 21.0. The van der Waals surface area contributed by atoms with Gasteiger partial charge < -0.3 is 18.8 Å². The minimum absolute atomic E-state index is 0.0307. The van der Waals surface area contributed by atoms with Crippen LogP contribution in [0.1, 0.15) is 41.9 Å². The van der Waals surface area contributed by atoms with Crippen LogP contribution >= 0.6 is 0 Å². The normalized spacial score (nSPS) is 13.1. The summed E-state index contributed by atoms with van der Waals surface area (Å²) in [5, 5.41) is 0. The number of esters is 1. The average molecular weight is 395 g/mol. The van der Waals surface area contributed by atoms with Crippen molar-refractivity contribution < 1.29 is 19.0 Å². The van der Waals surface area contributed by atoms with Gasteiger partial charge in [0.15, 0.2) is 16.9 Å². The number of hydrogen-bond donors (Lipinski definition) is 0. The summed E-state index contributed by atoms with van der Waals surface area (Å²) in [5.74, 6) is 0.795. The zero-order valence-corrected chi connectivity index (χ0v) is 17.0. The van der Waals surface area contributed by atoms with Gasteiger partial charge in [-0.2, -0.15) is 0 Å². The fourth-order valence-electron chi connectivity index (χ4n) is 3.27. The molecule has 2 aromatic rings. The molecule has 1 aromatic heterocycles. The van der Waals surface area contributed by atoms with Crippen LogP contribution in [0.2, 0.25) is 0 Å². The molecular weight excluding hydrogens is 370 g/mol. The summed E-state index contributed by atoms with van der Waals surface area (Å²) >= 11 is 0. The maximum atomic E-state index is 12.4. The number of carbonyl (C=O) groups is 1. The van der Waals surface area contributed by atoms with Crippen molar-refractivity contribution >= 4 is 17.1 Å². The average Bonchev–Trinajstić information content (AvgIpc) is 2.73. The van der Waals surface area contributed by atoms with E-state index in [1.54, 1.807) is 6.20 Å². The summed E-state index contributed by atoms with van der Waals surface area (Å²) in [6.45, 7) is 9.85. The van der Waals surface area contributed by atoms with E-state index in [1.807, 2.05) is 42.7 Å². The maximum absolute atomic E-state index is 12.4. The second-order valence-corrected chi connectivity index (χ2v) is 6.83. The van der Waals surface area contributed by atoms with E-state index >= 15 is 0 Å². The highest BCUT2D eigenvalue weighted by Crippen LogP contribution is 2.33. The second kappa shape index (κ2) is 8.82. The number of benzene rings is 1. The number of carbonyl (C=O) groups excluding carboxylic acids is 1. The summed E-state index contributed by atoms with van der Waals surface area (Å²) in [6.07, 6.45) is 4.34. The van der Waals surface area contributed by atoms with Crippen LogP contribution in [0.5, 0.6) is 11.5 Å². The SMILES string of the molecule is C=C(/C=C(\C)c1cc(=O)c(C(=O)OC)cn1CCC)c1ccc2c(c1)OCCO2. The molecule has 0 radical (unpaired) electrons. The summed E-state index contributed by atoms with van der Waals surface area (Å²) in [4.78, 5) is 24.3. The molecule has 0 fully saturated rings. The van der Waals surface area contributed by atoms with Gasteiger partial charge in [-0.25, -0.2) is 4.79 Å². The molecule has 1 aliphatic heterocycles. The quantitative estimate of drug-likeness (QED) is 0.548. The number of aryl methyl sites for hydroxylation is 1. The number of methoxy groups -OCH3 is 1. The van der Waals surface area contributed by atoms with Crippen LogP contribution < -0.4 is 14.9 Å². The first kappa shape index (κ1) is 20.5. The number of aromatic nitrogens is 1. The van der Waals surface area contributed by atoms with Gasteiger partial charge in [0.25, 0.3) is 0 Å². The largest absolute Gasteiger partial charge is 0.486 e. The van der Waals surface area contributed by atoms with Crippen molar-refractivity contribution in [2.75, 3.05) is 20.3 Å². The summed E-state index contributed by atoms with van der Waals surface area (Å²) in [5.41, 5.74) is 2.96. The van der Waals surface area contributed by atoms with Gasteiger partial charge >= 0.3 is 5.97 Å². The summed E-state index contributed by atoms with van der Waals surface area (Å²) in [6, 6.07) is 7.18. The first-order chi connectivity index (χ1) is 13.9. The van der Waals surface area contributed by atoms with Crippen LogP contribution in [-0.4, -0.2) is 30.9 Å². The molecule has 0 unspecified atom stereocenters. The molecule has 1 aromatic carbocycles. The Balaban J connectivity index is 1.96. The first-order valence-electron chi connectivity index (χ1n) is 9.55. The Kier molecular flexibility index (Phi) is 6.22. The molecule has 0 saturated heterocycles. The molecule has 6 heteroatoms. The van der Waals surface area contributed by atoms with Gasteiger partial charge in [0.05, 0.1) is 7.11 Å². The lowest BCUT2D eigenvalue weighted by Crippen LogP contribution is -2.21. The Morgan fingerprint density at radius 2 is 1.97 bits per heavy atom. The number of hydrogen-bond acceptors (Lipinski definition) is 5. The molecule has 0 bridgehead atoms. The van der Waals surface area contributed by atoms with Crippen molar-refractivity contribution in [3.05, 3.63) is 70.2 Å². The third-order valence-electron chi connectivity index (χ3n) is 4.71. The predicted octanol–water partition coefficient (Wildman–Crippen LogP) is 3.93.